The van der Waals surface area contributed by atoms with Crippen LogP contribution in [0.25, 0.3) is 22.3 Å². The molecule has 5 nitrogen and oxygen atoms in total. The maximum atomic E-state index is 14.8. The van der Waals surface area contributed by atoms with Crippen molar-refractivity contribution in [2.75, 3.05) is 0 Å². The first-order valence-electron chi connectivity index (χ1n) is 10.1. The predicted molar refractivity (Wildman–Crippen MR) is 124 cm³/mol. The highest BCUT2D eigenvalue weighted by Gasteiger charge is 2.14. The first-order valence-corrected chi connectivity index (χ1v) is 10.1. The zero-order chi connectivity index (χ0) is 25.5. The standard InChI is InChI=1S/C27H19F3O5/c1-4-26(31)35-25-10-6-18(14-24(25)30)20-8-5-17(13-22(20)28)21-9-7-19(15-23(21)29)33-11-12-34-27(32)16(2)3/h4-15H,1-2H2,3H3/b12-11-. The van der Waals surface area contributed by atoms with Crippen LogP contribution in [0.3, 0.4) is 0 Å². The molecule has 8 heteroatoms. The number of carbonyl (C=O) groups excluding carboxylic acids is 2. The number of rotatable bonds is 8. The second kappa shape index (κ2) is 11.0. The quantitative estimate of drug-likeness (QED) is 0.159. The van der Waals surface area contributed by atoms with Crippen LogP contribution >= 0.6 is 0 Å². The summed E-state index contributed by atoms with van der Waals surface area (Å²) in [7, 11) is 0. The summed E-state index contributed by atoms with van der Waals surface area (Å²) in [5, 5.41) is 0. The molecule has 0 aliphatic rings. The highest BCUT2D eigenvalue weighted by molar-refractivity contribution is 5.87. The molecule has 0 saturated heterocycles. The van der Waals surface area contributed by atoms with E-state index < -0.39 is 29.4 Å². The minimum atomic E-state index is -0.855. The lowest BCUT2D eigenvalue weighted by molar-refractivity contribution is -0.133. The SMILES string of the molecule is C=CC(=O)Oc1ccc(-c2ccc(-c3ccc(O/C=C\OC(=O)C(=C)C)cc3F)cc2F)cc1F. The van der Waals surface area contributed by atoms with Gasteiger partial charge in [0.1, 0.15) is 29.9 Å². The lowest BCUT2D eigenvalue weighted by Crippen LogP contribution is -2.04. The molecule has 178 valence electrons. The molecule has 0 spiro atoms. The van der Waals surface area contributed by atoms with Gasteiger partial charge in [-0.05, 0) is 48.4 Å². The predicted octanol–water partition coefficient (Wildman–Crippen LogP) is 6.50. The van der Waals surface area contributed by atoms with Crippen molar-refractivity contribution < 1.29 is 37.0 Å². The van der Waals surface area contributed by atoms with Gasteiger partial charge in [-0.2, -0.15) is 0 Å². The third kappa shape index (κ3) is 6.26. The van der Waals surface area contributed by atoms with Gasteiger partial charge >= 0.3 is 11.9 Å². The first-order chi connectivity index (χ1) is 16.7. The molecule has 35 heavy (non-hydrogen) atoms. The Labute approximate surface area is 199 Å². The molecule has 0 saturated carbocycles. The lowest BCUT2D eigenvalue weighted by Gasteiger charge is -2.10. The summed E-state index contributed by atoms with van der Waals surface area (Å²) in [6.45, 7) is 8.15. The highest BCUT2D eigenvalue weighted by Crippen LogP contribution is 2.32. The Morgan fingerprint density at radius 3 is 2.00 bits per heavy atom. The largest absolute Gasteiger partial charge is 0.462 e. The summed E-state index contributed by atoms with van der Waals surface area (Å²) in [6, 6.07) is 11.5. The zero-order valence-electron chi connectivity index (χ0n) is 18.5. The molecule has 0 bridgehead atoms. The van der Waals surface area contributed by atoms with E-state index in [0.29, 0.717) is 0 Å². The topological polar surface area (TPSA) is 61.8 Å². The number of esters is 2. The molecule has 0 aromatic heterocycles. The number of hydrogen-bond donors (Lipinski definition) is 0. The molecule has 0 atom stereocenters. The minimum absolute atomic E-state index is 0.0732. The van der Waals surface area contributed by atoms with Crippen LogP contribution in [0.15, 0.2) is 91.9 Å². The van der Waals surface area contributed by atoms with Crippen molar-refractivity contribution in [2.45, 2.75) is 6.92 Å². The number of benzene rings is 3. The number of ether oxygens (including phenoxy) is 3. The van der Waals surface area contributed by atoms with Crippen LogP contribution in [-0.4, -0.2) is 11.9 Å². The fourth-order valence-electron chi connectivity index (χ4n) is 2.92. The van der Waals surface area contributed by atoms with Gasteiger partial charge in [0.05, 0.1) is 0 Å². The van der Waals surface area contributed by atoms with Crippen molar-refractivity contribution >= 4 is 11.9 Å². The van der Waals surface area contributed by atoms with E-state index in [2.05, 4.69) is 13.2 Å². The Bertz CT molecular complexity index is 1340. The first kappa shape index (κ1) is 25.0. The summed E-state index contributed by atoms with van der Waals surface area (Å²) < 4.78 is 58.4. The van der Waals surface area contributed by atoms with Crippen LogP contribution in [-0.2, 0) is 14.3 Å². The zero-order valence-corrected chi connectivity index (χ0v) is 18.5. The Morgan fingerprint density at radius 1 is 0.829 bits per heavy atom. The molecule has 0 fully saturated rings. The smallest absolute Gasteiger partial charge is 0.338 e. The van der Waals surface area contributed by atoms with Crippen LogP contribution < -0.4 is 9.47 Å². The summed E-state index contributed by atoms with van der Waals surface area (Å²) in [5.74, 6) is -3.89. The Morgan fingerprint density at radius 2 is 1.43 bits per heavy atom. The molecular weight excluding hydrogens is 461 g/mol. The van der Waals surface area contributed by atoms with Crippen LogP contribution in [0, 0.1) is 17.5 Å². The van der Waals surface area contributed by atoms with Crippen molar-refractivity contribution in [2.24, 2.45) is 0 Å². The van der Waals surface area contributed by atoms with Gasteiger partial charge in [0.2, 0.25) is 0 Å². The maximum absolute atomic E-state index is 14.8. The average Bonchev–Trinajstić information content (AvgIpc) is 2.82. The Hall–Kier alpha value is -4.59. The van der Waals surface area contributed by atoms with E-state index in [4.69, 9.17) is 14.2 Å². The monoisotopic (exact) mass is 480 g/mol. The summed E-state index contributed by atoms with van der Waals surface area (Å²) in [6.07, 6.45) is 2.95. The third-order valence-corrected chi connectivity index (χ3v) is 4.62. The molecule has 0 unspecified atom stereocenters. The van der Waals surface area contributed by atoms with Gasteiger partial charge in [-0.15, -0.1) is 0 Å². The van der Waals surface area contributed by atoms with E-state index in [0.717, 1.165) is 36.8 Å². The summed E-state index contributed by atoms with van der Waals surface area (Å²) >= 11 is 0. The van der Waals surface area contributed by atoms with E-state index in [1.54, 1.807) is 0 Å². The number of carbonyl (C=O) groups is 2. The summed E-state index contributed by atoms with van der Waals surface area (Å²) in [4.78, 5) is 22.5. The van der Waals surface area contributed by atoms with Crippen molar-refractivity contribution in [1.82, 2.24) is 0 Å². The van der Waals surface area contributed by atoms with Gasteiger partial charge < -0.3 is 14.2 Å². The van der Waals surface area contributed by atoms with Gasteiger partial charge in [0, 0.05) is 28.8 Å². The second-order valence-corrected chi connectivity index (χ2v) is 7.18. The normalized spacial score (nSPS) is 10.6. The Kier molecular flexibility index (Phi) is 7.88. The van der Waals surface area contributed by atoms with Gasteiger partial charge in [-0.25, -0.2) is 22.8 Å². The average molecular weight is 480 g/mol. The molecule has 3 aromatic rings. The number of hydrogen-bond acceptors (Lipinski definition) is 5. The van der Waals surface area contributed by atoms with Crippen LogP contribution in [0.4, 0.5) is 13.2 Å². The highest BCUT2D eigenvalue weighted by atomic mass is 19.1. The fourth-order valence-corrected chi connectivity index (χ4v) is 2.92. The molecule has 0 radical (unpaired) electrons. The summed E-state index contributed by atoms with van der Waals surface area (Å²) in [5.41, 5.74) is 0.841. The van der Waals surface area contributed by atoms with Gasteiger partial charge in [-0.1, -0.05) is 31.4 Å². The fraction of sp³-hybridized carbons (Fsp3) is 0.0370. The van der Waals surface area contributed by atoms with Gasteiger partial charge in [0.25, 0.3) is 0 Å². The molecular formula is C27H19F3O5. The van der Waals surface area contributed by atoms with E-state index in [1.165, 1.54) is 43.3 Å². The minimum Gasteiger partial charge on any atom is -0.462 e. The molecule has 0 N–H and O–H groups in total. The molecule has 3 aromatic carbocycles. The van der Waals surface area contributed by atoms with Crippen LogP contribution in [0.2, 0.25) is 0 Å². The second-order valence-electron chi connectivity index (χ2n) is 7.18. The number of halogens is 3. The van der Waals surface area contributed by atoms with Crippen molar-refractivity contribution in [1.29, 1.82) is 0 Å². The van der Waals surface area contributed by atoms with Gasteiger partial charge in [0.15, 0.2) is 11.6 Å². The Balaban J connectivity index is 1.77. The van der Waals surface area contributed by atoms with E-state index in [-0.39, 0.29) is 39.3 Å². The van der Waals surface area contributed by atoms with E-state index >= 15 is 0 Å². The van der Waals surface area contributed by atoms with Crippen LogP contribution in [0.1, 0.15) is 6.92 Å². The van der Waals surface area contributed by atoms with Crippen LogP contribution in [0.5, 0.6) is 11.5 Å². The molecule has 0 aliphatic carbocycles. The molecule has 0 aliphatic heterocycles. The van der Waals surface area contributed by atoms with Crippen molar-refractivity contribution in [3.8, 4) is 33.8 Å². The van der Waals surface area contributed by atoms with Crippen molar-refractivity contribution in [3.05, 3.63) is 109 Å². The molecule has 0 amide bonds. The molecule has 0 heterocycles. The third-order valence-electron chi connectivity index (χ3n) is 4.62. The molecule has 3 rings (SSSR count). The lowest BCUT2D eigenvalue weighted by atomic mass is 9.99. The maximum Gasteiger partial charge on any atom is 0.338 e. The van der Waals surface area contributed by atoms with Crippen molar-refractivity contribution in [3.63, 3.8) is 0 Å². The van der Waals surface area contributed by atoms with E-state index in [9.17, 15) is 22.8 Å². The van der Waals surface area contributed by atoms with Gasteiger partial charge in [-0.3, -0.25) is 0 Å². The van der Waals surface area contributed by atoms with E-state index in [1.807, 2.05) is 0 Å².